The van der Waals surface area contributed by atoms with Gasteiger partial charge >= 0.3 is 0 Å². The van der Waals surface area contributed by atoms with Crippen molar-refractivity contribution in [2.45, 2.75) is 52.6 Å². The predicted molar refractivity (Wildman–Crippen MR) is 110 cm³/mol. The molecule has 0 aliphatic carbocycles. The number of hydrogen-bond donors (Lipinski definition) is 1. The van der Waals surface area contributed by atoms with Gasteiger partial charge in [-0.15, -0.1) is 0 Å². The van der Waals surface area contributed by atoms with Gasteiger partial charge in [-0.3, -0.25) is 4.79 Å². The minimum Gasteiger partial charge on any atom is -0.497 e. The van der Waals surface area contributed by atoms with Gasteiger partial charge in [0.05, 0.1) is 7.11 Å². The summed E-state index contributed by atoms with van der Waals surface area (Å²) in [6.07, 6.45) is 1.23. The first-order chi connectivity index (χ1) is 12.9. The van der Waals surface area contributed by atoms with Gasteiger partial charge in [0.25, 0.3) is 5.91 Å². The summed E-state index contributed by atoms with van der Waals surface area (Å²) in [4.78, 5) is 12.4. The Morgan fingerprint density at radius 3 is 2.59 bits per heavy atom. The number of amides is 1. The Balaban J connectivity index is 1.83. The molecule has 2 rings (SSSR count). The average Bonchev–Trinajstić information content (AvgIpc) is 2.65. The van der Waals surface area contributed by atoms with Crippen LogP contribution in [0.3, 0.4) is 0 Å². The molecule has 0 fully saturated rings. The Morgan fingerprint density at radius 2 is 1.89 bits per heavy atom. The topological polar surface area (TPSA) is 47.6 Å². The molecule has 0 heterocycles. The molecule has 4 nitrogen and oxygen atoms in total. The third kappa shape index (κ3) is 6.31. The Bertz CT molecular complexity index is 755. The molecule has 0 radical (unpaired) electrons. The van der Waals surface area contributed by atoms with Crippen molar-refractivity contribution in [1.29, 1.82) is 0 Å². The second-order valence-electron chi connectivity index (χ2n) is 7.20. The summed E-state index contributed by atoms with van der Waals surface area (Å²) in [5.41, 5.74) is 3.45. The Kier molecular flexibility index (Phi) is 7.71. The van der Waals surface area contributed by atoms with Crippen molar-refractivity contribution in [3.8, 4) is 11.5 Å². The zero-order chi connectivity index (χ0) is 19.8. The monoisotopic (exact) mass is 369 g/mol. The maximum atomic E-state index is 12.4. The van der Waals surface area contributed by atoms with Crippen LogP contribution in [0.5, 0.6) is 11.5 Å². The molecule has 0 aliphatic rings. The fraction of sp³-hybridized carbons (Fsp3) is 0.435. The first-order valence-corrected chi connectivity index (χ1v) is 9.58. The lowest BCUT2D eigenvalue weighted by molar-refractivity contribution is -0.127. The van der Waals surface area contributed by atoms with E-state index in [1.165, 1.54) is 5.56 Å². The quantitative estimate of drug-likeness (QED) is 0.655. The van der Waals surface area contributed by atoms with E-state index < -0.39 is 6.10 Å². The molecule has 1 amide bonds. The first-order valence-electron chi connectivity index (χ1n) is 9.58. The van der Waals surface area contributed by atoms with Crippen molar-refractivity contribution in [2.75, 3.05) is 13.7 Å². The zero-order valence-corrected chi connectivity index (χ0v) is 17.0. The van der Waals surface area contributed by atoms with Crippen LogP contribution >= 0.6 is 0 Å². The van der Waals surface area contributed by atoms with Crippen molar-refractivity contribution in [3.63, 3.8) is 0 Å². The number of carbonyl (C=O) groups is 1. The Morgan fingerprint density at radius 1 is 1.11 bits per heavy atom. The summed E-state index contributed by atoms with van der Waals surface area (Å²) in [7, 11) is 1.67. The highest BCUT2D eigenvalue weighted by Crippen LogP contribution is 2.28. The Labute approximate surface area is 162 Å². The molecule has 4 heteroatoms. The molecule has 0 aromatic heterocycles. The maximum absolute atomic E-state index is 12.4. The van der Waals surface area contributed by atoms with Crippen LogP contribution in [-0.2, 0) is 11.2 Å². The minimum atomic E-state index is -0.527. The van der Waals surface area contributed by atoms with E-state index in [0.29, 0.717) is 12.5 Å². The number of hydrogen-bond acceptors (Lipinski definition) is 3. The molecule has 146 valence electrons. The van der Waals surface area contributed by atoms with Gasteiger partial charge in [0.2, 0.25) is 0 Å². The molecule has 1 N–H and O–H groups in total. The fourth-order valence-corrected chi connectivity index (χ4v) is 2.94. The molecule has 0 saturated heterocycles. The van der Waals surface area contributed by atoms with Crippen LogP contribution in [0.1, 0.15) is 49.8 Å². The van der Waals surface area contributed by atoms with Gasteiger partial charge in [-0.2, -0.15) is 0 Å². The minimum absolute atomic E-state index is 0.0862. The molecule has 27 heavy (non-hydrogen) atoms. The van der Waals surface area contributed by atoms with E-state index >= 15 is 0 Å². The van der Waals surface area contributed by atoms with Gasteiger partial charge in [-0.25, -0.2) is 0 Å². The van der Waals surface area contributed by atoms with Gasteiger partial charge in [0, 0.05) is 6.54 Å². The summed E-state index contributed by atoms with van der Waals surface area (Å²) >= 11 is 0. The van der Waals surface area contributed by atoms with Crippen molar-refractivity contribution >= 4 is 5.91 Å². The van der Waals surface area contributed by atoms with Crippen molar-refractivity contribution in [1.82, 2.24) is 5.32 Å². The van der Waals surface area contributed by atoms with Gasteiger partial charge < -0.3 is 14.8 Å². The second kappa shape index (κ2) is 10.0. The maximum Gasteiger partial charge on any atom is 0.260 e. The molecule has 0 aliphatic heterocycles. The highest BCUT2D eigenvalue weighted by atomic mass is 16.5. The first kappa shape index (κ1) is 20.8. The molecule has 2 aromatic rings. The van der Waals surface area contributed by atoms with Crippen LogP contribution < -0.4 is 14.8 Å². The van der Waals surface area contributed by atoms with E-state index in [4.69, 9.17) is 9.47 Å². The van der Waals surface area contributed by atoms with E-state index in [-0.39, 0.29) is 5.91 Å². The SMILES string of the molecule is COc1cccc(CCCNC(=O)[C@H](C)Oc2cc(C)ccc2C(C)C)c1. The van der Waals surface area contributed by atoms with Crippen LogP contribution in [0.25, 0.3) is 0 Å². The largest absolute Gasteiger partial charge is 0.497 e. The number of carbonyl (C=O) groups excluding carboxylic acids is 1. The van der Waals surface area contributed by atoms with Gasteiger partial charge in [-0.1, -0.05) is 38.1 Å². The van der Waals surface area contributed by atoms with Crippen LogP contribution in [-0.4, -0.2) is 25.7 Å². The summed E-state index contributed by atoms with van der Waals surface area (Å²) in [6.45, 7) is 8.69. The molecule has 0 bridgehead atoms. The normalized spacial score (nSPS) is 11.9. The van der Waals surface area contributed by atoms with Crippen LogP contribution in [0.15, 0.2) is 42.5 Å². The van der Waals surface area contributed by atoms with Gasteiger partial charge in [0.15, 0.2) is 6.10 Å². The van der Waals surface area contributed by atoms with Crippen LogP contribution in [0.2, 0.25) is 0 Å². The average molecular weight is 370 g/mol. The second-order valence-corrected chi connectivity index (χ2v) is 7.20. The fourth-order valence-electron chi connectivity index (χ4n) is 2.94. The summed E-state index contributed by atoms with van der Waals surface area (Å²) in [5, 5.41) is 2.97. The van der Waals surface area contributed by atoms with E-state index in [0.717, 1.165) is 35.5 Å². The third-order valence-corrected chi connectivity index (χ3v) is 4.54. The van der Waals surface area contributed by atoms with Crippen molar-refractivity contribution in [3.05, 3.63) is 59.2 Å². The van der Waals surface area contributed by atoms with Crippen molar-refractivity contribution in [2.24, 2.45) is 0 Å². The van der Waals surface area contributed by atoms with E-state index in [1.54, 1.807) is 14.0 Å². The number of benzene rings is 2. The zero-order valence-electron chi connectivity index (χ0n) is 17.0. The number of rotatable bonds is 9. The standard InChI is InChI=1S/C23H31NO3/c1-16(2)21-12-11-17(3)14-22(21)27-18(4)23(25)24-13-7-9-19-8-6-10-20(15-19)26-5/h6,8,10-12,14-16,18H,7,9,13H2,1-5H3,(H,24,25)/t18-/m0/s1. The number of methoxy groups -OCH3 is 1. The summed E-state index contributed by atoms with van der Waals surface area (Å²) in [5.74, 6) is 1.91. The molecular weight excluding hydrogens is 338 g/mol. The summed E-state index contributed by atoms with van der Waals surface area (Å²) < 4.78 is 11.2. The highest BCUT2D eigenvalue weighted by Gasteiger charge is 2.17. The van der Waals surface area contributed by atoms with Crippen molar-refractivity contribution < 1.29 is 14.3 Å². The van der Waals surface area contributed by atoms with E-state index in [1.807, 2.05) is 31.2 Å². The molecule has 0 saturated carbocycles. The number of aryl methyl sites for hydroxylation is 2. The molecule has 1 atom stereocenters. The Hall–Kier alpha value is -2.49. The number of ether oxygens (including phenoxy) is 2. The lowest BCUT2D eigenvalue weighted by atomic mass is 10.0. The van der Waals surface area contributed by atoms with E-state index in [9.17, 15) is 4.79 Å². The van der Waals surface area contributed by atoms with E-state index in [2.05, 4.69) is 37.4 Å². The highest BCUT2D eigenvalue weighted by molar-refractivity contribution is 5.80. The third-order valence-electron chi connectivity index (χ3n) is 4.54. The lowest BCUT2D eigenvalue weighted by Crippen LogP contribution is -2.37. The molecular formula is C23H31NO3. The molecule has 0 unspecified atom stereocenters. The lowest BCUT2D eigenvalue weighted by Gasteiger charge is -2.19. The van der Waals surface area contributed by atoms with Gasteiger partial charge in [0.1, 0.15) is 11.5 Å². The predicted octanol–water partition coefficient (Wildman–Crippen LogP) is 4.64. The van der Waals surface area contributed by atoms with Crippen LogP contribution in [0.4, 0.5) is 0 Å². The smallest absolute Gasteiger partial charge is 0.260 e. The molecule has 0 spiro atoms. The van der Waals surface area contributed by atoms with Gasteiger partial charge in [-0.05, 0) is 67.5 Å². The number of nitrogens with one attached hydrogen (secondary N) is 1. The van der Waals surface area contributed by atoms with Crippen LogP contribution in [0, 0.1) is 6.92 Å². The summed E-state index contributed by atoms with van der Waals surface area (Å²) in [6, 6.07) is 14.2. The molecule has 2 aromatic carbocycles.